The van der Waals surface area contributed by atoms with E-state index in [0.29, 0.717) is 10.7 Å². The molecule has 0 aromatic rings. The third kappa shape index (κ3) is 1.28. The van der Waals surface area contributed by atoms with E-state index in [1.54, 1.807) is 11.8 Å². The molecule has 0 spiro atoms. The van der Waals surface area contributed by atoms with Crippen molar-refractivity contribution in [3.05, 3.63) is 0 Å². The van der Waals surface area contributed by atoms with Crippen molar-refractivity contribution in [2.24, 2.45) is 4.99 Å². The number of rotatable bonds is 1. The van der Waals surface area contributed by atoms with E-state index in [2.05, 4.69) is 23.7 Å². The molecule has 0 unspecified atom stereocenters. The molecule has 1 fully saturated rings. The third-order valence-electron chi connectivity index (χ3n) is 1.95. The first kappa shape index (κ1) is 8.84. The number of likely N-dealkylation sites (N-methyl/N-ethyl adjacent to an activating group) is 1. The van der Waals surface area contributed by atoms with Gasteiger partial charge in [0.2, 0.25) is 0 Å². The smallest absolute Gasteiger partial charge is 0.139 e. The summed E-state index contributed by atoms with van der Waals surface area (Å²) in [6, 6.07) is 0. The Morgan fingerprint density at radius 3 is 3.00 bits per heavy atom. The van der Waals surface area contributed by atoms with Gasteiger partial charge in [0.05, 0.1) is 5.04 Å². The lowest BCUT2D eigenvalue weighted by atomic mass is 10.5. The molecule has 0 aromatic heterocycles. The molecule has 0 N–H and O–H groups in total. The van der Waals surface area contributed by atoms with Crippen molar-refractivity contribution in [3.63, 3.8) is 0 Å². The second-order valence-corrected chi connectivity index (χ2v) is 5.78. The molecule has 0 bridgehead atoms. The van der Waals surface area contributed by atoms with Gasteiger partial charge in [-0.15, -0.1) is 0 Å². The maximum absolute atomic E-state index is 5.24. The molecule has 0 saturated carbocycles. The van der Waals surface area contributed by atoms with Crippen molar-refractivity contribution < 1.29 is 0 Å². The van der Waals surface area contributed by atoms with Crippen LogP contribution in [0, 0.1) is 0 Å². The molecule has 2 aliphatic rings. The molecule has 0 radical (unpaired) electrons. The summed E-state index contributed by atoms with van der Waals surface area (Å²) in [5.41, 5.74) is 0. The van der Waals surface area contributed by atoms with Gasteiger partial charge in [-0.3, -0.25) is 4.99 Å². The summed E-state index contributed by atoms with van der Waals surface area (Å²) in [6.07, 6.45) is 0. The fraction of sp³-hybridized carbons (Fsp3) is 0.714. The van der Waals surface area contributed by atoms with E-state index in [1.807, 2.05) is 11.8 Å². The lowest BCUT2D eigenvalue weighted by molar-refractivity contribution is 0.440. The first-order chi connectivity index (χ1) is 5.72. The molecule has 12 heavy (non-hydrogen) atoms. The van der Waals surface area contributed by atoms with Gasteiger partial charge in [0.15, 0.2) is 0 Å². The SMILES string of the molecule is CCN1C(=S)S[C@H]2N=C(C)S[C@@H]21. The second kappa shape index (κ2) is 3.20. The normalized spacial score (nSPS) is 34.0. The van der Waals surface area contributed by atoms with Crippen LogP contribution in [-0.4, -0.2) is 31.6 Å². The molecule has 2 heterocycles. The van der Waals surface area contributed by atoms with Gasteiger partial charge in [0, 0.05) is 6.54 Å². The fourth-order valence-corrected chi connectivity index (χ4v) is 4.61. The molecular weight excluding hydrogens is 208 g/mol. The molecule has 0 amide bonds. The van der Waals surface area contributed by atoms with E-state index in [-0.39, 0.29) is 0 Å². The van der Waals surface area contributed by atoms with Gasteiger partial charge in [-0.1, -0.05) is 35.7 Å². The van der Waals surface area contributed by atoms with Crippen LogP contribution in [0.15, 0.2) is 4.99 Å². The molecule has 1 saturated heterocycles. The van der Waals surface area contributed by atoms with Crippen molar-refractivity contribution in [1.82, 2.24) is 4.90 Å². The predicted molar refractivity (Wildman–Crippen MR) is 60.8 cm³/mol. The van der Waals surface area contributed by atoms with E-state index in [0.717, 1.165) is 10.9 Å². The van der Waals surface area contributed by atoms with Crippen molar-refractivity contribution in [2.45, 2.75) is 24.6 Å². The van der Waals surface area contributed by atoms with Crippen LogP contribution >= 0.6 is 35.7 Å². The maximum Gasteiger partial charge on any atom is 0.139 e. The summed E-state index contributed by atoms with van der Waals surface area (Å²) in [7, 11) is 0. The van der Waals surface area contributed by atoms with Crippen LogP contribution in [0.25, 0.3) is 0 Å². The van der Waals surface area contributed by atoms with Gasteiger partial charge in [0.1, 0.15) is 15.1 Å². The molecule has 2 nitrogen and oxygen atoms in total. The van der Waals surface area contributed by atoms with Gasteiger partial charge in [-0.2, -0.15) is 0 Å². The molecule has 66 valence electrons. The number of fused-ring (bicyclic) bond motifs is 1. The van der Waals surface area contributed by atoms with Crippen LogP contribution in [0.3, 0.4) is 0 Å². The summed E-state index contributed by atoms with van der Waals surface area (Å²) < 4.78 is 1.01. The van der Waals surface area contributed by atoms with E-state index < -0.39 is 0 Å². The Morgan fingerprint density at radius 2 is 2.33 bits per heavy atom. The fourth-order valence-electron chi connectivity index (χ4n) is 1.39. The Labute approximate surface area is 86.2 Å². The van der Waals surface area contributed by atoms with Gasteiger partial charge in [-0.25, -0.2) is 0 Å². The number of hydrogen-bond acceptors (Lipinski definition) is 4. The first-order valence-electron chi connectivity index (χ1n) is 3.90. The Kier molecular flexibility index (Phi) is 2.35. The van der Waals surface area contributed by atoms with E-state index in [9.17, 15) is 0 Å². The quantitative estimate of drug-likeness (QED) is 0.626. The lowest BCUT2D eigenvalue weighted by Gasteiger charge is -2.20. The molecule has 0 aromatic carbocycles. The number of thioether (sulfide) groups is 2. The van der Waals surface area contributed by atoms with Crippen LogP contribution in [-0.2, 0) is 0 Å². The zero-order chi connectivity index (χ0) is 8.72. The summed E-state index contributed by atoms with van der Waals surface area (Å²) in [5, 5.41) is 2.04. The minimum atomic E-state index is 0.363. The largest absolute Gasteiger partial charge is 0.342 e. The Bertz CT molecular complexity index is 251. The Balaban J connectivity index is 2.18. The molecule has 2 aliphatic heterocycles. The summed E-state index contributed by atoms with van der Waals surface area (Å²) >= 11 is 8.80. The highest BCUT2D eigenvalue weighted by atomic mass is 32.2. The molecule has 0 aliphatic carbocycles. The van der Waals surface area contributed by atoms with Crippen molar-refractivity contribution in [3.8, 4) is 0 Å². The van der Waals surface area contributed by atoms with E-state index in [4.69, 9.17) is 12.2 Å². The number of nitrogens with zero attached hydrogens (tertiary/aromatic N) is 2. The number of aliphatic imine (C=N–C) groups is 1. The maximum atomic E-state index is 5.24. The zero-order valence-corrected chi connectivity index (χ0v) is 9.43. The average molecular weight is 218 g/mol. The van der Waals surface area contributed by atoms with E-state index in [1.165, 1.54) is 5.04 Å². The van der Waals surface area contributed by atoms with Crippen LogP contribution in [0.2, 0.25) is 0 Å². The molecule has 2 atom stereocenters. The number of hydrogen-bond donors (Lipinski definition) is 0. The van der Waals surface area contributed by atoms with Gasteiger partial charge < -0.3 is 4.90 Å². The van der Waals surface area contributed by atoms with Gasteiger partial charge >= 0.3 is 0 Å². The minimum Gasteiger partial charge on any atom is -0.342 e. The first-order valence-corrected chi connectivity index (χ1v) is 6.07. The van der Waals surface area contributed by atoms with Crippen LogP contribution in [0.1, 0.15) is 13.8 Å². The minimum absolute atomic E-state index is 0.363. The highest BCUT2D eigenvalue weighted by Crippen LogP contribution is 2.43. The third-order valence-corrected chi connectivity index (χ3v) is 4.88. The average Bonchev–Trinajstić information content (AvgIpc) is 2.43. The Morgan fingerprint density at radius 1 is 1.58 bits per heavy atom. The van der Waals surface area contributed by atoms with Crippen LogP contribution < -0.4 is 0 Å². The topological polar surface area (TPSA) is 15.6 Å². The summed E-state index contributed by atoms with van der Waals surface area (Å²) in [5.74, 6) is 0. The zero-order valence-electron chi connectivity index (χ0n) is 6.98. The highest BCUT2D eigenvalue weighted by molar-refractivity contribution is 8.25. The second-order valence-electron chi connectivity index (χ2n) is 2.72. The monoisotopic (exact) mass is 218 g/mol. The van der Waals surface area contributed by atoms with Crippen molar-refractivity contribution in [2.75, 3.05) is 6.54 Å². The molecule has 5 heteroatoms. The summed E-state index contributed by atoms with van der Waals surface area (Å²) in [6.45, 7) is 5.21. The Hall–Kier alpha value is 0.260. The standard InChI is InChI=1S/C7H10N2S3/c1-3-9-6-5(12-7(9)10)8-4(2)11-6/h5-6H,3H2,1-2H3/t5-,6+/m1/s1. The summed E-state index contributed by atoms with van der Waals surface area (Å²) in [4.78, 5) is 6.77. The highest BCUT2D eigenvalue weighted by Gasteiger charge is 2.41. The van der Waals surface area contributed by atoms with E-state index >= 15 is 0 Å². The molecule has 2 rings (SSSR count). The lowest BCUT2D eigenvalue weighted by Crippen LogP contribution is -2.31. The van der Waals surface area contributed by atoms with Crippen LogP contribution in [0.4, 0.5) is 0 Å². The molecular formula is C7H10N2S3. The van der Waals surface area contributed by atoms with Crippen LogP contribution in [0.5, 0.6) is 0 Å². The van der Waals surface area contributed by atoms with Crippen molar-refractivity contribution >= 4 is 45.1 Å². The van der Waals surface area contributed by atoms with Gasteiger partial charge in [-0.05, 0) is 13.8 Å². The van der Waals surface area contributed by atoms with Crippen molar-refractivity contribution in [1.29, 1.82) is 0 Å². The van der Waals surface area contributed by atoms with Gasteiger partial charge in [0.25, 0.3) is 0 Å². The number of thiocarbonyl (C=S) groups is 1. The predicted octanol–water partition coefficient (Wildman–Crippen LogP) is 2.16.